The fourth-order valence-electron chi connectivity index (χ4n) is 0.848. The standard InChI is InChI=1S/C8H12N2O2/c1-5(11)12-7-4-2-3-6(9)8(7)10/h2-5,11H,9-10H2,1H3. The van der Waals surface area contributed by atoms with Crippen molar-refractivity contribution in [3.8, 4) is 5.75 Å². The van der Waals surface area contributed by atoms with Crippen LogP contribution in [0.15, 0.2) is 18.2 Å². The minimum absolute atomic E-state index is 0.360. The topological polar surface area (TPSA) is 81.5 Å². The lowest BCUT2D eigenvalue weighted by atomic mass is 10.2. The molecular formula is C8H12N2O2. The third kappa shape index (κ3) is 1.79. The van der Waals surface area contributed by atoms with Gasteiger partial charge >= 0.3 is 0 Å². The summed E-state index contributed by atoms with van der Waals surface area (Å²) in [6.45, 7) is 1.50. The SMILES string of the molecule is CC(O)Oc1cccc(N)c1N. The molecule has 0 heterocycles. The van der Waals surface area contributed by atoms with Crippen molar-refractivity contribution in [3.05, 3.63) is 18.2 Å². The highest BCUT2D eigenvalue weighted by molar-refractivity contribution is 5.70. The molecule has 66 valence electrons. The lowest BCUT2D eigenvalue weighted by Crippen LogP contribution is -2.11. The highest BCUT2D eigenvalue weighted by atomic mass is 16.6. The Bertz CT molecular complexity index is 274. The van der Waals surface area contributed by atoms with Gasteiger partial charge in [0, 0.05) is 0 Å². The van der Waals surface area contributed by atoms with E-state index >= 15 is 0 Å². The first-order chi connectivity index (χ1) is 5.61. The lowest BCUT2D eigenvalue weighted by molar-refractivity contribution is 0.000319. The molecule has 12 heavy (non-hydrogen) atoms. The summed E-state index contributed by atoms with van der Waals surface area (Å²) in [4.78, 5) is 0. The Morgan fingerprint density at radius 1 is 1.42 bits per heavy atom. The van der Waals surface area contributed by atoms with Gasteiger partial charge in [-0.05, 0) is 19.1 Å². The van der Waals surface area contributed by atoms with Crippen molar-refractivity contribution in [1.82, 2.24) is 0 Å². The van der Waals surface area contributed by atoms with E-state index < -0.39 is 6.29 Å². The molecule has 0 aliphatic heterocycles. The molecular weight excluding hydrogens is 156 g/mol. The maximum absolute atomic E-state index is 8.90. The van der Waals surface area contributed by atoms with Crippen LogP contribution in [0.2, 0.25) is 0 Å². The van der Waals surface area contributed by atoms with Crippen LogP contribution in [0.5, 0.6) is 5.75 Å². The molecule has 0 aliphatic rings. The number of nitrogen functional groups attached to an aromatic ring is 2. The predicted molar refractivity (Wildman–Crippen MR) is 47.6 cm³/mol. The molecule has 1 rings (SSSR count). The fraction of sp³-hybridized carbons (Fsp3) is 0.250. The monoisotopic (exact) mass is 168 g/mol. The van der Waals surface area contributed by atoms with Crippen LogP contribution in [0.1, 0.15) is 6.92 Å². The molecule has 1 aromatic rings. The van der Waals surface area contributed by atoms with Crippen LogP contribution >= 0.6 is 0 Å². The van der Waals surface area contributed by atoms with Crippen LogP contribution in [-0.2, 0) is 0 Å². The number of ether oxygens (including phenoxy) is 1. The van der Waals surface area contributed by atoms with Gasteiger partial charge in [0.1, 0.15) is 5.75 Å². The highest BCUT2D eigenvalue weighted by Gasteiger charge is 2.04. The molecule has 0 radical (unpaired) electrons. The van der Waals surface area contributed by atoms with Gasteiger partial charge in [-0.1, -0.05) is 6.07 Å². The van der Waals surface area contributed by atoms with Crippen molar-refractivity contribution in [2.24, 2.45) is 0 Å². The van der Waals surface area contributed by atoms with Gasteiger partial charge in [-0.2, -0.15) is 0 Å². The summed E-state index contributed by atoms with van der Waals surface area (Å²) in [5, 5.41) is 8.90. The molecule has 4 nitrogen and oxygen atoms in total. The molecule has 1 atom stereocenters. The second-order valence-corrected chi connectivity index (χ2v) is 2.48. The molecule has 0 spiro atoms. The number of benzene rings is 1. The van der Waals surface area contributed by atoms with Gasteiger partial charge < -0.3 is 21.3 Å². The van der Waals surface area contributed by atoms with Crippen molar-refractivity contribution in [2.75, 3.05) is 11.5 Å². The Hall–Kier alpha value is -1.42. The third-order valence-electron chi connectivity index (χ3n) is 1.40. The average Bonchev–Trinajstić information content (AvgIpc) is 1.98. The van der Waals surface area contributed by atoms with Crippen molar-refractivity contribution in [3.63, 3.8) is 0 Å². The van der Waals surface area contributed by atoms with Gasteiger partial charge in [0.2, 0.25) is 0 Å². The quantitative estimate of drug-likeness (QED) is 0.445. The summed E-state index contributed by atoms with van der Waals surface area (Å²) in [5.41, 5.74) is 11.9. The Balaban J connectivity index is 2.92. The summed E-state index contributed by atoms with van der Waals surface area (Å²) < 4.78 is 4.98. The van der Waals surface area contributed by atoms with Gasteiger partial charge in [-0.25, -0.2) is 0 Å². The molecule has 5 N–H and O–H groups in total. The highest BCUT2D eigenvalue weighted by Crippen LogP contribution is 2.27. The molecule has 0 fully saturated rings. The maximum Gasteiger partial charge on any atom is 0.194 e. The molecule has 1 unspecified atom stereocenters. The van der Waals surface area contributed by atoms with Gasteiger partial charge in [-0.15, -0.1) is 0 Å². The van der Waals surface area contributed by atoms with Crippen molar-refractivity contribution < 1.29 is 9.84 Å². The molecule has 0 aromatic heterocycles. The second-order valence-electron chi connectivity index (χ2n) is 2.48. The lowest BCUT2D eigenvalue weighted by Gasteiger charge is -2.11. The summed E-state index contributed by atoms with van der Waals surface area (Å²) in [6.07, 6.45) is -0.880. The van der Waals surface area contributed by atoms with Crippen LogP contribution < -0.4 is 16.2 Å². The first kappa shape index (κ1) is 8.67. The molecule has 0 aliphatic carbocycles. The molecule has 1 aromatic carbocycles. The number of hydrogen-bond acceptors (Lipinski definition) is 4. The number of para-hydroxylation sites is 1. The zero-order valence-corrected chi connectivity index (χ0v) is 6.82. The summed E-state index contributed by atoms with van der Waals surface area (Å²) >= 11 is 0. The second kappa shape index (κ2) is 3.32. The van der Waals surface area contributed by atoms with Gasteiger partial charge in [0.15, 0.2) is 6.29 Å². The third-order valence-corrected chi connectivity index (χ3v) is 1.40. The predicted octanol–water partition coefficient (Wildman–Crippen LogP) is 0.568. The molecule has 0 amide bonds. The van der Waals surface area contributed by atoms with Crippen LogP contribution in [0.4, 0.5) is 11.4 Å². The maximum atomic E-state index is 8.90. The first-order valence-corrected chi connectivity index (χ1v) is 3.60. The number of aliphatic hydroxyl groups excluding tert-OH is 1. The van der Waals surface area contributed by atoms with E-state index in [4.69, 9.17) is 21.3 Å². The molecule has 0 bridgehead atoms. The Kier molecular flexibility index (Phi) is 2.40. The molecule has 0 saturated carbocycles. The Morgan fingerprint density at radius 2 is 2.08 bits per heavy atom. The minimum atomic E-state index is -0.880. The Morgan fingerprint density at radius 3 is 2.67 bits per heavy atom. The first-order valence-electron chi connectivity index (χ1n) is 3.60. The minimum Gasteiger partial charge on any atom is -0.463 e. The Labute approximate surface area is 70.7 Å². The van der Waals surface area contributed by atoms with E-state index in [1.54, 1.807) is 18.2 Å². The number of hydrogen-bond donors (Lipinski definition) is 3. The van der Waals surface area contributed by atoms with Gasteiger partial charge in [0.25, 0.3) is 0 Å². The smallest absolute Gasteiger partial charge is 0.194 e. The van der Waals surface area contributed by atoms with Crippen molar-refractivity contribution in [2.45, 2.75) is 13.2 Å². The summed E-state index contributed by atoms with van der Waals surface area (Å²) in [7, 11) is 0. The van der Waals surface area contributed by atoms with E-state index in [9.17, 15) is 0 Å². The zero-order valence-electron chi connectivity index (χ0n) is 6.82. The van der Waals surface area contributed by atoms with Gasteiger partial charge in [-0.3, -0.25) is 0 Å². The number of nitrogens with two attached hydrogens (primary N) is 2. The van der Waals surface area contributed by atoms with E-state index in [-0.39, 0.29) is 0 Å². The average molecular weight is 168 g/mol. The molecule has 0 saturated heterocycles. The van der Waals surface area contributed by atoms with Crippen LogP contribution in [0.3, 0.4) is 0 Å². The van der Waals surface area contributed by atoms with E-state index in [1.165, 1.54) is 6.92 Å². The zero-order chi connectivity index (χ0) is 9.14. The van der Waals surface area contributed by atoms with E-state index in [0.717, 1.165) is 0 Å². The van der Waals surface area contributed by atoms with Crippen LogP contribution in [-0.4, -0.2) is 11.4 Å². The van der Waals surface area contributed by atoms with Gasteiger partial charge in [0.05, 0.1) is 11.4 Å². The van der Waals surface area contributed by atoms with Crippen molar-refractivity contribution >= 4 is 11.4 Å². The van der Waals surface area contributed by atoms with E-state index in [2.05, 4.69) is 0 Å². The van der Waals surface area contributed by atoms with Crippen LogP contribution in [0.25, 0.3) is 0 Å². The molecule has 4 heteroatoms. The summed E-state index contributed by atoms with van der Waals surface area (Å²) in [5.74, 6) is 0.407. The van der Waals surface area contributed by atoms with E-state index in [0.29, 0.717) is 17.1 Å². The fourth-order valence-corrected chi connectivity index (χ4v) is 0.848. The summed E-state index contributed by atoms with van der Waals surface area (Å²) in [6, 6.07) is 5.03. The van der Waals surface area contributed by atoms with E-state index in [1.807, 2.05) is 0 Å². The number of anilines is 2. The largest absolute Gasteiger partial charge is 0.463 e. The normalized spacial score (nSPS) is 12.5. The number of rotatable bonds is 2. The van der Waals surface area contributed by atoms with Crippen LogP contribution in [0, 0.1) is 0 Å². The number of aliphatic hydroxyl groups is 1. The van der Waals surface area contributed by atoms with Crippen molar-refractivity contribution in [1.29, 1.82) is 0 Å².